The summed E-state index contributed by atoms with van der Waals surface area (Å²) in [4.78, 5) is 4.29. The minimum Gasteiger partial charge on any atom is -0.245 e. The predicted octanol–water partition coefficient (Wildman–Crippen LogP) is 3.12. The van der Waals surface area contributed by atoms with Crippen LogP contribution in [0.3, 0.4) is 0 Å². The van der Waals surface area contributed by atoms with E-state index in [0.29, 0.717) is 10.6 Å². The molecule has 0 fully saturated rings. The number of hydrogen-bond donors (Lipinski definition) is 1. The number of aromatic nitrogens is 1. The maximum atomic E-state index is 11.8. The zero-order valence-corrected chi connectivity index (χ0v) is 12.6. The molecule has 106 valence electrons. The Morgan fingerprint density at radius 2 is 1.76 bits per heavy atom. The molecule has 0 aliphatic heterocycles. The SMILES string of the molecule is NS(=O)(=O)c1ccc(-c2ccccc2)cc1-c1nccs1. The van der Waals surface area contributed by atoms with Crippen LogP contribution in [0.4, 0.5) is 0 Å². The van der Waals surface area contributed by atoms with Gasteiger partial charge < -0.3 is 0 Å². The fraction of sp³-hybridized carbons (Fsp3) is 0. The number of rotatable bonds is 3. The molecule has 0 saturated heterocycles. The van der Waals surface area contributed by atoms with Crippen molar-refractivity contribution < 1.29 is 8.42 Å². The van der Waals surface area contributed by atoms with Crippen molar-refractivity contribution in [1.29, 1.82) is 0 Å². The lowest BCUT2D eigenvalue weighted by molar-refractivity contribution is 0.598. The van der Waals surface area contributed by atoms with E-state index in [1.165, 1.54) is 17.4 Å². The summed E-state index contributed by atoms with van der Waals surface area (Å²) in [5, 5.41) is 7.74. The van der Waals surface area contributed by atoms with Crippen molar-refractivity contribution in [3.63, 3.8) is 0 Å². The first kappa shape index (κ1) is 13.9. The molecule has 1 heterocycles. The zero-order valence-electron chi connectivity index (χ0n) is 10.9. The Labute approximate surface area is 127 Å². The number of primary sulfonamides is 1. The van der Waals surface area contributed by atoms with Gasteiger partial charge in [0.1, 0.15) is 5.01 Å². The highest BCUT2D eigenvalue weighted by Gasteiger charge is 2.17. The second kappa shape index (κ2) is 5.40. The van der Waals surface area contributed by atoms with Gasteiger partial charge in [-0.2, -0.15) is 0 Å². The van der Waals surface area contributed by atoms with Gasteiger partial charge in [0.05, 0.1) is 4.90 Å². The van der Waals surface area contributed by atoms with Crippen LogP contribution in [0.1, 0.15) is 0 Å². The Morgan fingerprint density at radius 1 is 1.00 bits per heavy atom. The van der Waals surface area contributed by atoms with Gasteiger partial charge in [0.25, 0.3) is 0 Å². The molecule has 0 unspecified atom stereocenters. The van der Waals surface area contributed by atoms with Crippen LogP contribution in [-0.4, -0.2) is 13.4 Å². The van der Waals surface area contributed by atoms with Crippen LogP contribution in [-0.2, 0) is 10.0 Å². The summed E-state index contributed by atoms with van der Waals surface area (Å²) < 4.78 is 23.5. The first-order chi connectivity index (χ1) is 10.1. The lowest BCUT2D eigenvalue weighted by atomic mass is 10.0. The molecule has 1 aromatic heterocycles. The average molecular weight is 316 g/mol. The molecule has 0 spiro atoms. The fourth-order valence-electron chi connectivity index (χ4n) is 2.11. The molecule has 0 aliphatic rings. The van der Waals surface area contributed by atoms with Gasteiger partial charge in [-0.25, -0.2) is 18.5 Å². The molecule has 0 saturated carbocycles. The van der Waals surface area contributed by atoms with Crippen molar-refractivity contribution in [3.8, 4) is 21.7 Å². The van der Waals surface area contributed by atoms with Crippen LogP contribution in [0.5, 0.6) is 0 Å². The monoisotopic (exact) mass is 316 g/mol. The largest absolute Gasteiger partial charge is 0.245 e. The topological polar surface area (TPSA) is 73.1 Å². The molecule has 3 rings (SSSR count). The van der Waals surface area contributed by atoms with E-state index in [9.17, 15) is 8.42 Å². The number of thiazole rings is 1. The molecule has 0 aliphatic carbocycles. The molecule has 2 N–H and O–H groups in total. The molecule has 0 radical (unpaired) electrons. The van der Waals surface area contributed by atoms with Crippen molar-refractivity contribution in [1.82, 2.24) is 4.98 Å². The zero-order chi connectivity index (χ0) is 14.9. The van der Waals surface area contributed by atoms with Gasteiger partial charge >= 0.3 is 0 Å². The summed E-state index contributed by atoms with van der Waals surface area (Å²) >= 11 is 1.38. The normalized spacial score (nSPS) is 11.5. The summed E-state index contributed by atoms with van der Waals surface area (Å²) in [6.07, 6.45) is 1.64. The van der Waals surface area contributed by atoms with Gasteiger partial charge in [0.15, 0.2) is 0 Å². The highest BCUT2D eigenvalue weighted by Crippen LogP contribution is 2.32. The molecule has 3 aromatic rings. The third-order valence-electron chi connectivity index (χ3n) is 3.06. The number of benzene rings is 2. The Balaban J connectivity index is 2.23. The second-order valence-corrected chi connectivity index (χ2v) is 6.88. The summed E-state index contributed by atoms with van der Waals surface area (Å²) in [5.41, 5.74) is 2.47. The molecule has 4 nitrogen and oxygen atoms in total. The summed E-state index contributed by atoms with van der Waals surface area (Å²) in [6.45, 7) is 0. The molecule has 6 heteroatoms. The van der Waals surface area contributed by atoms with Gasteiger partial charge in [-0.1, -0.05) is 36.4 Å². The number of nitrogens with two attached hydrogens (primary N) is 1. The van der Waals surface area contributed by atoms with E-state index in [1.54, 1.807) is 17.6 Å². The Bertz CT molecular complexity index is 858. The van der Waals surface area contributed by atoms with Gasteiger partial charge in [0.2, 0.25) is 10.0 Å². The lowest BCUT2D eigenvalue weighted by Crippen LogP contribution is -2.13. The first-order valence-corrected chi connectivity index (χ1v) is 8.60. The Morgan fingerprint density at radius 3 is 2.38 bits per heavy atom. The van der Waals surface area contributed by atoms with E-state index in [0.717, 1.165) is 11.1 Å². The minimum absolute atomic E-state index is 0.0946. The predicted molar refractivity (Wildman–Crippen MR) is 84.4 cm³/mol. The van der Waals surface area contributed by atoms with E-state index in [-0.39, 0.29) is 4.90 Å². The average Bonchev–Trinajstić information content (AvgIpc) is 3.01. The molecule has 2 aromatic carbocycles. The number of hydrogen-bond acceptors (Lipinski definition) is 4. The molecular weight excluding hydrogens is 304 g/mol. The van der Waals surface area contributed by atoms with Crippen LogP contribution in [0.25, 0.3) is 21.7 Å². The third kappa shape index (κ3) is 2.87. The van der Waals surface area contributed by atoms with Gasteiger partial charge in [-0.05, 0) is 23.3 Å². The molecule has 21 heavy (non-hydrogen) atoms. The van der Waals surface area contributed by atoms with Gasteiger partial charge in [-0.3, -0.25) is 0 Å². The second-order valence-electron chi connectivity index (χ2n) is 4.46. The van der Waals surface area contributed by atoms with Gasteiger partial charge in [-0.15, -0.1) is 11.3 Å². The smallest absolute Gasteiger partial charge is 0.238 e. The van der Waals surface area contributed by atoms with Crippen molar-refractivity contribution in [2.24, 2.45) is 5.14 Å². The molecule has 0 bridgehead atoms. The van der Waals surface area contributed by atoms with Crippen molar-refractivity contribution >= 4 is 21.4 Å². The van der Waals surface area contributed by atoms with E-state index in [2.05, 4.69) is 4.98 Å². The van der Waals surface area contributed by atoms with Gasteiger partial charge in [0, 0.05) is 17.1 Å². The fourth-order valence-corrected chi connectivity index (χ4v) is 3.56. The van der Waals surface area contributed by atoms with E-state index in [4.69, 9.17) is 5.14 Å². The summed E-state index contributed by atoms with van der Waals surface area (Å²) in [6, 6.07) is 14.9. The first-order valence-electron chi connectivity index (χ1n) is 6.18. The lowest BCUT2D eigenvalue weighted by Gasteiger charge is -2.09. The van der Waals surface area contributed by atoms with Crippen LogP contribution >= 0.6 is 11.3 Å². The Hall–Kier alpha value is -2.02. The summed E-state index contributed by atoms with van der Waals surface area (Å²) in [5.74, 6) is 0. The van der Waals surface area contributed by atoms with E-state index in [1.807, 2.05) is 36.4 Å². The standard InChI is InChI=1S/C15H12N2O2S2/c16-21(18,19)14-7-6-12(11-4-2-1-3-5-11)10-13(14)15-17-8-9-20-15/h1-10H,(H2,16,18,19). The number of nitrogens with zero attached hydrogens (tertiary/aromatic N) is 1. The number of sulfonamides is 1. The molecule has 0 atom stereocenters. The quantitative estimate of drug-likeness (QED) is 0.807. The third-order valence-corrected chi connectivity index (χ3v) is 4.83. The summed E-state index contributed by atoms with van der Waals surface area (Å²) in [7, 11) is -3.79. The maximum absolute atomic E-state index is 11.8. The van der Waals surface area contributed by atoms with E-state index >= 15 is 0 Å². The van der Waals surface area contributed by atoms with Crippen molar-refractivity contribution in [3.05, 3.63) is 60.1 Å². The van der Waals surface area contributed by atoms with Crippen LogP contribution < -0.4 is 5.14 Å². The van der Waals surface area contributed by atoms with Crippen LogP contribution in [0, 0.1) is 0 Å². The van der Waals surface area contributed by atoms with Crippen LogP contribution in [0.15, 0.2) is 65.0 Å². The maximum Gasteiger partial charge on any atom is 0.238 e. The van der Waals surface area contributed by atoms with Crippen molar-refractivity contribution in [2.45, 2.75) is 4.90 Å². The van der Waals surface area contributed by atoms with Crippen LogP contribution in [0.2, 0.25) is 0 Å². The highest BCUT2D eigenvalue weighted by atomic mass is 32.2. The minimum atomic E-state index is -3.79. The highest BCUT2D eigenvalue weighted by molar-refractivity contribution is 7.89. The molecule has 0 amide bonds. The Kier molecular flexibility index (Phi) is 3.59. The van der Waals surface area contributed by atoms with E-state index < -0.39 is 10.0 Å². The van der Waals surface area contributed by atoms with Crippen molar-refractivity contribution in [2.75, 3.05) is 0 Å². The molecular formula is C15H12N2O2S2.